The van der Waals surface area contributed by atoms with Gasteiger partial charge in [0.1, 0.15) is 11.6 Å². The van der Waals surface area contributed by atoms with Crippen LogP contribution < -0.4 is 9.80 Å². The fourth-order valence-electron chi connectivity index (χ4n) is 3.18. The maximum absolute atomic E-state index is 4.63. The first kappa shape index (κ1) is 17.0. The van der Waals surface area contributed by atoms with Crippen LogP contribution in [0.1, 0.15) is 18.4 Å². The van der Waals surface area contributed by atoms with Crippen LogP contribution in [0.25, 0.3) is 5.65 Å². The third-order valence-corrected chi connectivity index (χ3v) is 5.32. The Morgan fingerprint density at radius 1 is 1.27 bits per heavy atom. The van der Waals surface area contributed by atoms with Gasteiger partial charge >= 0.3 is 0 Å². The van der Waals surface area contributed by atoms with E-state index in [0.717, 1.165) is 53.5 Å². The number of anilines is 2. The van der Waals surface area contributed by atoms with E-state index in [2.05, 4.69) is 48.9 Å². The van der Waals surface area contributed by atoms with Gasteiger partial charge in [-0.15, -0.1) is 10.2 Å². The summed E-state index contributed by atoms with van der Waals surface area (Å²) >= 11 is 1.57. The summed E-state index contributed by atoms with van der Waals surface area (Å²) in [4.78, 5) is 18.1. The van der Waals surface area contributed by atoms with E-state index in [1.54, 1.807) is 11.8 Å². The maximum Gasteiger partial charge on any atom is 0.203 e. The second kappa shape index (κ2) is 6.71. The van der Waals surface area contributed by atoms with E-state index < -0.39 is 0 Å². The largest absolute Gasteiger partial charge is 0.353 e. The second-order valence-electron chi connectivity index (χ2n) is 6.44. The summed E-state index contributed by atoms with van der Waals surface area (Å²) in [5.74, 6) is 2.82. The van der Waals surface area contributed by atoms with Gasteiger partial charge in [-0.2, -0.15) is 0 Å². The van der Waals surface area contributed by atoms with E-state index in [4.69, 9.17) is 0 Å². The molecule has 9 heteroatoms. The van der Waals surface area contributed by atoms with Crippen molar-refractivity contribution >= 4 is 29.0 Å². The van der Waals surface area contributed by atoms with Crippen molar-refractivity contribution in [1.29, 1.82) is 0 Å². The lowest BCUT2D eigenvalue weighted by atomic mass is 10.1. The van der Waals surface area contributed by atoms with Gasteiger partial charge in [0.25, 0.3) is 0 Å². The van der Waals surface area contributed by atoms with Crippen molar-refractivity contribution in [3.8, 4) is 0 Å². The number of likely N-dealkylation sites (N-methyl/N-ethyl adjacent to an activating group) is 1. The highest BCUT2D eigenvalue weighted by Gasteiger charge is 2.33. The van der Waals surface area contributed by atoms with Gasteiger partial charge in [-0.25, -0.2) is 15.0 Å². The Morgan fingerprint density at radius 2 is 2.08 bits per heavy atom. The van der Waals surface area contributed by atoms with E-state index >= 15 is 0 Å². The van der Waals surface area contributed by atoms with Crippen LogP contribution in [0.2, 0.25) is 0 Å². The normalized spacial score (nSPS) is 14.7. The van der Waals surface area contributed by atoms with Crippen molar-refractivity contribution in [2.75, 3.05) is 36.2 Å². The predicted octanol–water partition coefficient (Wildman–Crippen LogP) is 1.83. The molecule has 0 amide bonds. The van der Waals surface area contributed by atoms with Gasteiger partial charge in [-0.05, 0) is 13.2 Å². The summed E-state index contributed by atoms with van der Waals surface area (Å²) in [6.45, 7) is 5.86. The molecule has 1 fully saturated rings. The molecular formula is C17H22N8S. The van der Waals surface area contributed by atoms with Crippen molar-refractivity contribution in [3.63, 3.8) is 0 Å². The van der Waals surface area contributed by atoms with Crippen LogP contribution in [0.15, 0.2) is 23.6 Å². The Kier molecular flexibility index (Phi) is 4.39. The minimum absolute atomic E-state index is 0.384. The van der Waals surface area contributed by atoms with Crippen molar-refractivity contribution in [3.05, 3.63) is 30.0 Å². The molecule has 4 rings (SSSR count). The summed E-state index contributed by atoms with van der Waals surface area (Å²) < 4.78 is 2.03. The number of hydrogen-bond donors (Lipinski definition) is 0. The van der Waals surface area contributed by atoms with Crippen molar-refractivity contribution in [2.45, 2.75) is 31.5 Å². The van der Waals surface area contributed by atoms with Gasteiger partial charge in [-0.3, -0.25) is 4.40 Å². The zero-order valence-corrected chi connectivity index (χ0v) is 16.2. The highest BCUT2D eigenvalue weighted by Crippen LogP contribution is 2.27. The number of fused-ring (bicyclic) bond motifs is 1. The van der Waals surface area contributed by atoms with Crippen LogP contribution in [-0.2, 0) is 6.42 Å². The number of thioether (sulfide) groups is 1. The molecular weight excluding hydrogens is 348 g/mol. The van der Waals surface area contributed by atoms with Crippen LogP contribution in [0.3, 0.4) is 0 Å². The fraction of sp³-hybridized carbons (Fsp3) is 0.471. The number of rotatable bonds is 5. The van der Waals surface area contributed by atoms with Crippen molar-refractivity contribution in [2.24, 2.45) is 0 Å². The van der Waals surface area contributed by atoms with Gasteiger partial charge in [0.2, 0.25) is 5.65 Å². The van der Waals surface area contributed by atoms with Gasteiger partial charge in [0.15, 0.2) is 11.0 Å². The Hall–Kier alpha value is -2.42. The van der Waals surface area contributed by atoms with Gasteiger partial charge in [-0.1, -0.05) is 18.7 Å². The Bertz CT molecular complexity index is 934. The molecule has 3 aromatic rings. The minimum Gasteiger partial charge on any atom is -0.353 e. The zero-order valence-electron chi connectivity index (χ0n) is 15.4. The van der Waals surface area contributed by atoms with E-state index in [-0.39, 0.29) is 0 Å². The number of aromatic nitrogens is 6. The molecule has 0 bridgehead atoms. The van der Waals surface area contributed by atoms with E-state index in [1.165, 1.54) is 0 Å². The van der Waals surface area contributed by atoms with E-state index in [0.29, 0.717) is 6.04 Å². The molecule has 3 aromatic heterocycles. The van der Waals surface area contributed by atoms with Gasteiger partial charge in [0.05, 0.1) is 6.04 Å². The lowest BCUT2D eigenvalue weighted by Crippen LogP contribution is -2.59. The Labute approximate surface area is 156 Å². The SMILES string of the molecule is CCc1nnc2c(N3CC(N(C)c4cc(C)nc(SC)n4)C3)nccn12. The standard InChI is InChI=1S/C17H22N8S/c1-5-13-21-22-16-15(18-6-7-25(13)16)24-9-12(10-24)23(3)14-8-11(2)19-17(20-14)26-4/h6-8,12H,5,9-10H2,1-4H3. The highest BCUT2D eigenvalue weighted by atomic mass is 32.2. The van der Waals surface area contributed by atoms with E-state index in [9.17, 15) is 0 Å². The summed E-state index contributed by atoms with van der Waals surface area (Å²) in [5, 5.41) is 9.40. The van der Waals surface area contributed by atoms with Crippen LogP contribution in [0, 0.1) is 6.92 Å². The zero-order chi connectivity index (χ0) is 18.3. The van der Waals surface area contributed by atoms with Gasteiger partial charge < -0.3 is 9.80 Å². The van der Waals surface area contributed by atoms with Crippen LogP contribution in [0.4, 0.5) is 11.6 Å². The summed E-state index contributed by atoms with van der Waals surface area (Å²) in [5.41, 5.74) is 1.82. The highest BCUT2D eigenvalue weighted by molar-refractivity contribution is 7.98. The third-order valence-electron chi connectivity index (χ3n) is 4.77. The second-order valence-corrected chi connectivity index (χ2v) is 7.21. The lowest BCUT2D eigenvalue weighted by molar-refractivity contribution is 0.488. The quantitative estimate of drug-likeness (QED) is 0.497. The average molecular weight is 370 g/mol. The molecule has 26 heavy (non-hydrogen) atoms. The van der Waals surface area contributed by atoms with Crippen LogP contribution >= 0.6 is 11.8 Å². The fourth-order valence-corrected chi connectivity index (χ4v) is 3.60. The predicted molar refractivity (Wildman–Crippen MR) is 103 cm³/mol. The number of nitrogens with zero attached hydrogens (tertiary/aromatic N) is 8. The first-order valence-corrected chi connectivity index (χ1v) is 9.89. The van der Waals surface area contributed by atoms with Crippen molar-refractivity contribution < 1.29 is 0 Å². The smallest absolute Gasteiger partial charge is 0.203 e. The lowest BCUT2D eigenvalue weighted by Gasteiger charge is -2.45. The molecule has 8 nitrogen and oxygen atoms in total. The average Bonchev–Trinajstić information content (AvgIpc) is 3.03. The molecule has 0 atom stereocenters. The molecule has 0 spiro atoms. The Morgan fingerprint density at radius 3 is 2.81 bits per heavy atom. The molecule has 1 aliphatic rings. The third kappa shape index (κ3) is 2.86. The molecule has 0 unspecified atom stereocenters. The first-order valence-electron chi connectivity index (χ1n) is 8.66. The van der Waals surface area contributed by atoms with Crippen LogP contribution in [0.5, 0.6) is 0 Å². The molecule has 1 saturated heterocycles. The van der Waals surface area contributed by atoms with Crippen LogP contribution in [-0.4, -0.2) is 62.0 Å². The number of hydrogen-bond acceptors (Lipinski definition) is 8. The van der Waals surface area contributed by atoms with Gasteiger partial charge in [0, 0.05) is 50.7 Å². The maximum atomic E-state index is 4.63. The number of aryl methyl sites for hydroxylation is 2. The molecule has 4 heterocycles. The molecule has 136 valence electrons. The molecule has 0 N–H and O–H groups in total. The monoisotopic (exact) mass is 370 g/mol. The molecule has 0 aromatic carbocycles. The summed E-state index contributed by atoms with van der Waals surface area (Å²) in [7, 11) is 2.09. The topological polar surface area (TPSA) is 75.3 Å². The summed E-state index contributed by atoms with van der Waals surface area (Å²) in [6.07, 6.45) is 6.59. The molecule has 1 aliphatic heterocycles. The first-order chi connectivity index (χ1) is 12.6. The Balaban J connectivity index is 1.52. The summed E-state index contributed by atoms with van der Waals surface area (Å²) in [6, 6.07) is 2.42. The molecule has 0 aliphatic carbocycles. The van der Waals surface area contributed by atoms with Crippen molar-refractivity contribution in [1.82, 2.24) is 29.5 Å². The molecule has 0 radical (unpaired) electrons. The minimum atomic E-state index is 0.384. The van der Waals surface area contributed by atoms with E-state index in [1.807, 2.05) is 36.0 Å². The molecule has 0 saturated carbocycles.